The summed E-state index contributed by atoms with van der Waals surface area (Å²) in [4.78, 5) is 12.4. The molecule has 132 valence electrons. The average molecular weight is 334 g/mol. The minimum atomic E-state index is -0.678. The van der Waals surface area contributed by atoms with Crippen LogP contribution in [0.5, 0.6) is 0 Å². The highest BCUT2D eigenvalue weighted by atomic mass is 16.8. The highest BCUT2D eigenvalue weighted by molar-refractivity contribution is 5.89. The Kier molecular flexibility index (Phi) is 6.54. The second-order valence-corrected chi connectivity index (χ2v) is 6.29. The number of carbonyl (C=O) groups is 1. The fraction of sp³-hybridized carbons (Fsp3) is 0.526. The minimum absolute atomic E-state index is 0.0941. The molecule has 0 radical (unpaired) electrons. The second kappa shape index (κ2) is 8.42. The standard InChI is InChI=1S/C19H26O5/c1-5-9-15(21-4)12-16(17-13-22-19(2,3)24-17)23-18(20)14-10-7-6-8-11-14/h5-8,10-11,15-17H,1,9,12-13H2,2-4H3/t15-,16-,17-/m0/s1. The van der Waals surface area contributed by atoms with Gasteiger partial charge in [-0.3, -0.25) is 0 Å². The van der Waals surface area contributed by atoms with Crippen LogP contribution in [0.4, 0.5) is 0 Å². The molecular formula is C19H26O5. The van der Waals surface area contributed by atoms with Crippen molar-refractivity contribution >= 4 is 5.97 Å². The Morgan fingerprint density at radius 3 is 2.67 bits per heavy atom. The number of esters is 1. The van der Waals surface area contributed by atoms with Crippen molar-refractivity contribution in [3.05, 3.63) is 48.6 Å². The Morgan fingerprint density at radius 2 is 2.12 bits per heavy atom. The Labute approximate surface area is 143 Å². The molecule has 0 N–H and O–H groups in total. The van der Waals surface area contributed by atoms with Crippen molar-refractivity contribution in [2.45, 2.75) is 50.8 Å². The fourth-order valence-electron chi connectivity index (χ4n) is 2.69. The van der Waals surface area contributed by atoms with Crippen molar-refractivity contribution in [2.24, 2.45) is 0 Å². The first-order valence-electron chi connectivity index (χ1n) is 8.16. The topological polar surface area (TPSA) is 54.0 Å². The summed E-state index contributed by atoms with van der Waals surface area (Å²) in [6.45, 7) is 7.82. The van der Waals surface area contributed by atoms with E-state index in [9.17, 15) is 4.79 Å². The van der Waals surface area contributed by atoms with Gasteiger partial charge >= 0.3 is 5.97 Å². The highest BCUT2D eigenvalue weighted by Gasteiger charge is 2.40. The van der Waals surface area contributed by atoms with Gasteiger partial charge in [-0.15, -0.1) is 6.58 Å². The molecule has 3 atom stereocenters. The van der Waals surface area contributed by atoms with Crippen molar-refractivity contribution in [1.29, 1.82) is 0 Å². The van der Waals surface area contributed by atoms with Crippen LogP contribution in [0, 0.1) is 0 Å². The van der Waals surface area contributed by atoms with E-state index in [-0.39, 0.29) is 18.2 Å². The molecule has 0 bridgehead atoms. The first kappa shape index (κ1) is 18.6. The predicted octanol–water partition coefficient (Wildman–Crippen LogP) is 3.34. The molecule has 24 heavy (non-hydrogen) atoms. The van der Waals surface area contributed by atoms with Crippen molar-refractivity contribution < 1.29 is 23.7 Å². The molecule has 0 aromatic heterocycles. The molecule has 1 heterocycles. The van der Waals surface area contributed by atoms with E-state index >= 15 is 0 Å². The Hall–Kier alpha value is -1.69. The van der Waals surface area contributed by atoms with E-state index < -0.39 is 11.9 Å². The molecule has 0 spiro atoms. The molecule has 5 heteroatoms. The molecule has 1 aromatic carbocycles. The van der Waals surface area contributed by atoms with Crippen LogP contribution in [0.15, 0.2) is 43.0 Å². The Morgan fingerprint density at radius 1 is 1.42 bits per heavy atom. The summed E-state index contributed by atoms with van der Waals surface area (Å²) in [5.74, 6) is -1.05. The van der Waals surface area contributed by atoms with Gasteiger partial charge in [0, 0.05) is 13.5 Å². The third-order valence-corrected chi connectivity index (χ3v) is 3.97. The summed E-state index contributed by atoms with van der Waals surface area (Å²) >= 11 is 0. The summed E-state index contributed by atoms with van der Waals surface area (Å²) in [5.41, 5.74) is 0.512. The van der Waals surface area contributed by atoms with E-state index in [2.05, 4.69) is 6.58 Å². The Balaban J connectivity index is 2.10. The molecule has 5 nitrogen and oxygen atoms in total. The number of ether oxygens (including phenoxy) is 4. The fourth-order valence-corrected chi connectivity index (χ4v) is 2.69. The number of methoxy groups -OCH3 is 1. The van der Waals surface area contributed by atoms with Gasteiger partial charge in [-0.25, -0.2) is 4.79 Å². The number of benzene rings is 1. The van der Waals surface area contributed by atoms with Gasteiger partial charge in [0.25, 0.3) is 0 Å². The van der Waals surface area contributed by atoms with E-state index in [0.29, 0.717) is 25.0 Å². The molecule has 1 saturated heterocycles. The van der Waals surface area contributed by atoms with Gasteiger partial charge in [0.1, 0.15) is 12.2 Å². The molecule has 1 aliphatic heterocycles. The van der Waals surface area contributed by atoms with Crippen LogP contribution in [0.3, 0.4) is 0 Å². The third kappa shape index (κ3) is 5.16. The maximum Gasteiger partial charge on any atom is 0.338 e. The molecule has 1 aromatic rings. The largest absolute Gasteiger partial charge is 0.456 e. The summed E-state index contributed by atoms with van der Waals surface area (Å²) < 4.78 is 22.7. The van der Waals surface area contributed by atoms with Crippen molar-refractivity contribution in [2.75, 3.05) is 13.7 Å². The van der Waals surface area contributed by atoms with Crippen LogP contribution in [0.2, 0.25) is 0 Å². The van der Waals surface area contributed by atoms with E-state index in [1.54, 1.807) is 37.5 Å². The second-order valence-electron chi connectivity index (χ2n) is 6.29. The normalized spacial score (nSPS) is 21.9. The molecule has 0 aliphatic carbocycles. The van der Waals surface area contributed by atoms with Crippen LogP contribution in [-0.2, 0) is 18.9 Å². The van der Waals surface area contributed by atoms with Crippen LogP contribution in [0.25, 0.3) is 0 Å². The molecule has 1 aliphatic rings. The SMILES string of the molecule is C=CC[C@@H](C[C@H](OC(=O)c1ccccc1)[C@@H]1COC(C)(C)O1)OC. The monoisotopic (exact) mass is 334 g/mol. The summed E-state index contributed by atoms with van der Waals surface area (Å²) in [6.07, 6.45) is 2.11. The van der Waals surface area contributed by atoms with Gasteiger partial charge in [0.2, 0.25) is 0 Å². The third-order valence-electron chi connectivity index (χ3n) is 3.97. The van der Waals surface area contributed by atoms with Gasteiger partial charge in [-0.2, -0.15) is 0 Å². The quantitative estimate of drug-likeness (QED) is 0.539. The van der Waals surface area contributed by atoms with Gasteiger partial charge in [-0.05, 0) is 32.4 Å². The molecule has 1 fully saturated rings. The van der Waals surface area contributed by atoms with E-state index in [0.717, 1.165) is 0 Å². The van der Waals surface area contributed by atoms with Crippen molar-refractivity contribution in [3.8, 4) is 0 Å². The van der Waals surface area contributed by atoms with Gasteiger partial charge in [0.05, 0.1) is 18.3 Å². The van der Waals surface area contributed by atoms with Crippen molar-refractivity contribution in [3.63, 3.8) is 0 Å². The lowest BCUT2D eigenvalue weighted by Crippen LogP contribution is -2.37. The zero-order valence-electron chi connectivity index (χ0n) is 14.6. The van der Waals surface area contributed by atoms with Crippen LogP contribution in [-0.4, -0.2) is 43.8 Å². The van der Waals surface area contributed by atoms with Crippen molar-refractivity contribution in [1.82, 2.24) is 0 Å². The molecule has 0 unspecified atom stereocenters. The van der Waals surface area contributed by atoms with E-state index in [4.69, 9.17) is 18.9 Å². The lowest BCUT2D eigenvalue weighted by atomic mass is 10.0. The van der Waals surface area contributed by atoms with Crippen LogP contribution in [0.1, 0.15) is 37.0 Å². The number of hydrogen-bond acceptors (Lipinski definition) is 5. The molecular weight excluding hydrogens is 308 g/mol. The first-order valence-corrected chi connectivity index (χ1v) is 8.16. The van der Waals surface area contributed by atoms with E-state index in [1.807, 2.05) is 19.9 Å². The smallest absolute Gasteiger partial charge is 0.338 e. The lowest BCUT2D eigenvalue weighted by molar-refractivity contribution is -0.154. The van der Waals surface area contributed by atoms with Gasteiger partial charge in [0.15, 0.2) is 5.79 Å². The molecule has 2 rings (SSSR count). The average Bonchev–Trinajstić information content (AvgIpc) is 2.94. The zero-order valence-corrected chi connectivity index (χ0v) is 14.6. The van der Waals surface area contributed by atoms with Gasteiger partial charge in [-0.1, -0.05) is 24.3 Å². The first-order chi connectivity index (χ1) is 11.4. The number of rotatable bonds is 8. The minimum Gasteiger partial charge on any atom is -0.456 e. The number of carbonyl (C=O) groups excluding carboxylic acids is 1. The lowest BCUT2D eigenvalue weighted by Gasteiger charge is -2.27. The zero-order chi connectivity index (χ0) is 17.6. The van der Waals surface area contributed by atoms with Crippen LogP contribution >= 0.6 is 0 Å². The molecule has 0 amide bonds. The Bertz CT molecular complexity index is 540. The van der Waals surface area contributed by atoms with Crippen LogP contribution < -0.4 is 0 Å². The van der Waals surface area contributed by atoms with E-state index in [1.165, 1.54) is 0 Å². The predicted molar refractivity (Wildman–Crippen MR) is 90.8 cm³/mol. The summed E-state index contributed by atoms with van der Waals surface area (Å²) in [6, 6.07) is 8.93. The molecule has 0 saturated carbocycles. The maximum absolute atomic E-state index is 12.4. The number of hydrogen-bond donors (Lipinski definition) is 0. The summed E-state index contributed by atoms with van der Waals surface area (Å²) in [5, 5.41) is 0. The highest BCUT2D eigenvalue weighted by Crippen LogP contribution is 2.28. The maximum atomic E-state index is 12.4. The van der Waals surface area contributed by atoms with Gasteiger partial charge < -0.3 is 18.9 Å². The summed E-state index contributed by atoms with van der Waals surface area (Å²) in [7, 11) is 1.64.